The second kappa shape index (κ2) is 13.7. The lowest BCUT2D eigenvalue weighted by molar-refractivity contribution is -0.120. The highest BCUT2D eigenvalue weighted by Gasteiger charge is 2.11. The van der Waals surface area contributed by atoms with Crippen molar-refractivity contribution in [1.82, 2.24) is 14.9 Å². The third kappa shape index (κ3) is 7.49. The maximum absolute atomic E-state index is 12.2. The molecule has 0 aliphatic rings. The van der Waals surface area contributed by atoms with Gasteiger partial charge in [0.15, 0.2) is 11.5 Å². The number of ether oxygens (including phenoxy) is 2. The number of carbonyl (C=O) groups excluding carboxylic acids is 1. The van der Waals surface area contributed by atoms with Gasteiger partial charge in [0.25, 0.3) is 0 Å². The van der Waals surface area contributed by atoms with E-state index in [1.54, 1.807) is 7.11 Å². The zero-order valence-corrected chi connectivity index (χ0v) is 22.0. The molecule has 1 amide bonds. The van der Waals surface area contributed by atoms with Gasteiger partial charge in [-0.25, -0.2) is 4.98 Å². The largest absolute Gasteiger partial charge is 0.493 e. The first kappa shape index (κ1) is 26.6. The van der Waals surface area contributed by atoms with Crippen LogP contribution in [0.4, 0.5) is 0 Å². The van der Waals surface area contributed by atoms with Crippen LogP contribution in [0.5, 0.6) is 11.5 Å². The lowest BCUT2D eigenvalue weighted by Crippen LogP contribution is -2.26. The minimum Gasteiger partial charge on any atom is -0.493 e. The van der Waals surface area contributed by atoms with Crippen LogP contribution in [0, 0.1) is 0 Å². The van der Waals surface area contributed by atoms with Gasteiger partial charge in [0.2, 0.25) is 5.91 Å². The fraction of sp³-hybridized carbons (Fsp3) is 0.333. The summed E-state index contributed by atoms with van der Waals surface area (Å²) in [5, 5.41) is 3.64. The number of nitrogens with zero attached hydrogens (tertiary/aromatic N) is 2. The Morgan fingerprint density at radius 3 is 2.51 bits per heavy atom. The number of rotatable bonds is 14. The van der Waals surface area contributed by atoms with Gasteiger partial charge in [-0.15, -0.1) is 0 Å². The van der Waals surface area contributed by atoms with Gasteiger partial charge in [0, 0.05) is 24.5 Å². The van der Waals surface area contributed by atoms with E-state index >= 15 is 0 Å². The van der Waals surface area contributed by atoms with Gasteiger partial charge < -0.3 is 19.4 Å². The van der Waals surface area contributed by atoms with Crippen LogP contribution in [-0.2, 0) is 24.2 Å². The Morgan fingerprint density at radius 2 is 1.68 bits per heavy atom. The molecule has 4 aromatic rings. The van der Waals surface area contributed by atoms with Crippen molar-refractivity contribution < 1.29 is 14.3 Å². The summed E-state index contributed by atoms with van der Waals surface area (Å²) in [4.78, 5) is 17.1. The number of methoxy groups -OCH3 is 1. The van der Waals surface area contributed by atoms with Crippen LogP contribution < -0.4 is 14.8 Å². The summed E-state index contributed by atoms with van der Waals surface area (Å²) in [5.41, 5.74) is 3.03. The standard InChI is InChI=1S/C30H34ClN3O3/c1-36-27-16-8-9-17-28(27)37-21-11-20-34-26-15-7-6-14-25(26)33-29(34)18-3-2-10-19-32-30(35)22-23-12-4-5-13-24(23)31/h4-9,12-17H,2-3,10-11,18-22H2,1H3,(H,32,35). The van der Waals surface area contributed by atoms with E-state index in [1.807, 2.05) is 54.6 Å². The Labute approximate surface area is 223 Å². The van der Waals surface area contributed by atoms with Gasteiger partial charge in [0.1, 0.15) is 5.82 Å². The molecule has 0 atom stereocenters. The van der Waals surface area contributed by atoms with Gasteiger partial charge in [0.05, 0.1) is 31.2 Å². The van der Waals surface area contributed by atoms with E-state index in [1.165, 1.54) is 0 Å². The average Bonchev–Trinajstić information content (AvgIpc) is 3.27. The van der Waals surface area contributed by atoms with Crippen LogP contribution in [0.2, 0.25) is 5.02 Å². The quantitative estimate of drug-likeness (QED) is 0.200. The fourth-order valence-corrected chi connectivity index (χ4v) is 4.60. The average molecular weight is 520 g/mol. The minimum atomic E-state index is 0.00485. The van der Waals surface area contributed by atoms with Crippen molar-refractivity contribution in [3.8, 4) is 11.5 Å². The maximum Gasteiger partial charge on any atom is 0.224 e. The molecule has 0 saturated heterocycles. The van der Waals surface area contributed by atoms with Crippen molar-refractivity contribution in [2.75, 3.05) is 20.3 Å². The summed E-state index contributed by atoms with van der Waals surface area (Å²) in [5.74, 6) is 2.61. The molecular formula is C30H34ClN3O3. The Bertz CT molecular complexity index is 1300. The second-order valence-corrected chi connectivity index (χ2v) is 9.36. The highest BCUT2D eigenvalue weighted by Crippen LogP contribution is 2.26. The van der Waals surface area contributed by atoms with Crippen LogP contribution in [0.1, 0.15) is 37.1 Å². The number of fused-ring (bicyclic) bond motifs is 1. The molecule has 0 unspecified atom stereocenters. The number of nitrogens with one attached hydrogen (secondary N) is 1. The molecule has 0 radical (unpaired) electrons. The summed E-state index contributed by atoms with van der Waals surface area (Å²) in [6.07, 6.45) is 5.04. The van der Waals surface area contributed by atoms with Gasteiger partial charge in [-0.1, -0.05) is 60.5 Å². The third-order valence-electron chi connectivity index (χ3n) is 6.29. The van der Waals surface area contributed by atoms with E-state index in [4.69, 9.17) is 26.1 Å². The molecule has 7 heteroatoms. The van der Waals surface area contributed by atoms with Crippen LogP contribution >= 0.6 is 11.6 Å². The van der Waals surface area contributed by atoms with Crippen molar-refractivity contribution >= 4 is 28.5 Å². The number of aryl methyl sites for hydroxylation is 2. The van der Waals surface area contributed by atoms with Gasteiger partial charge in [-0.3, -0.25) is 4.79 Å². The topological polar surface area (TPSA) is 65.4 Å². The number of para-hydroxylation sites is 4. The van der Waals surface area contributed by atoms with Crippen LogP contribution in [0.3, 0.4) is 0 Å². The number of benzene rings is 3. The number of aromatic nitrogens is 2. The molecular weight excluding hydrogens is 486 g/mol. The lowest BCUT2D eigenvalue weighted by Gasteiger charge is -2.12. The van der Waals surface area contributed by atoms with Crippen LogP contribution in [-0.4, -0.2) is 35.7 Å². The van der Waals surface area contributed by atoms with Crippen molar-refractivity contribution in [3.63, 3.8) is 0 Å². The number of imidazole rings is 1. The molecule has 1 aromatic heterocycles. The van der Waals surface area contributed by atoms with Crippen LogP contribution in [0.25, 0.3) is 11.0 Å². The Morgan fingerprint density at radius 1 is 0.919 bits per heavy atom. The molecule has 1 heterocycles. The number of hydrogen-bond acceptors (Lipinski definition) is 4. The Hall–Kier alpha value is -3.51. The Balaban J connectivity index is 1.23. The first-order chi connectivity index (χ1) is 18.2. The zero-order valence-electron chi connectivity index (χ0n) is 21.3. The van der Waals surface area contributed by atoms with Crippen molar-refractivity contribution in [1.29, 1.82) is 0 Å². The first-order valence-electron chi connectivity index (χ1n) is 12.9. The molecule has 0 saturated carbocycles. The van der Waals surface area contributed by atoms with E-state index in [9.17, 15) is 4.79 Å². The van der Waals surface area contributed by atoms with Crippen molar-refractivity contribution in [2.24, 2.45) is 0 Å². The number of halogens is 1. The lowest BCUT2D eigenvalue weighted by atomic mass is 10.1. The van der Waals surface area contributed by atoms with E-state index in [0.29, 0.717) is 24.6 Å². The highest BCUT2D eigenvalue weighted by molar-refractivity contribution is 6.31. The number of amides is 1. The van der Waals surface area contributed by atoms with Crippen LogP contribution in [0.15, 0.2) is 72.8 Å². The normalized spacial score (nSPS) is 11.0. The Kier molecular flexibility index (Phi) is 9.83. The third-order valence-corrected chi connectivity index (χ3v) is 6.66. The molecule has 37 heavy (non-hydrogen) atoms. The molecule has 0 aliphatic heterocycles. The summed E-state index contributed by atoms with van der Waals surface area (Å²) < 4.78 is 13.7. The van der Waals surface area contributed by atoms with Crippen molar-refractivity contribution in [2.45, 2.75) is 45.1 Å². The minimum absolute atomic E-state index is 0.00485. The molecule has 0 bridgehead atoms. The highest BCUT2D eigenvalue weighted by atomic mass is 35.5. The molecule has 6 nitrogen and oxygen atoms in total. The van der Waals surface area contributed by atoms with E-state index in [-0.39, 0.29) is 5.91 Å². The molecule has 0 aliphatic carbocycles. The molecule has 0 fully saturated rings. The van der Waals surface area contributed by atoms with Crippen molar-refractivity contribution in [3.05, 3.63) is 89.2 Å². The fourth-order valence-electron chi connectivity index (χ4n) is 4.40. The monoisotopic (exact) mass is 519 g/mol. The summed E-state index contributed by atoms with van der Waals surface area (Å²) in [7, 11) is 1.65. The second-order valence-electron chi connectivity index (χ2n) is 8.95. The number of hydrogen-bond donors (Lipinski definition) is 1. The van der Waals surface area contributed by atoms with E-state index < -0.39 is 0 Å². The predicted molar refractivity (Wildman–Crippen MR) is 149 cm³/mol. The molecule has 1 N–H and O–H groups in total. The smallest absolute Gasteiger partial charge is 0.224 e. The van der Waals surface area contributed by atoms with Gasteiger partial charge in [-0.05, 0) is 55.2 Å². The first-order valence-corrected chi connectivity index (χ1v) is 13.2. The van der Waals surface area contributed by atoms with E-state index in [2.05, 4.69) is 28.1 Å². The predicted octanol–water partition coefficient (Wildman–Crippen LogP) is 6.24. The zero-order chi connectivity index (χ0) is 25.9. The molecule has 4 rings (SSSR count). The summed E-state index contributed by atoms with van der Waals surface area (Å²) in [6, 6.07) is 23.5. The summed E-state index contributed by atoms with van der Waals surface area (Å²) >= 11 is 6.15. The molecule has 0 spiro atoms. The van der Waals surface area contributed by atoms with Gasteiger partial charge in [-0.2, -0.15) is 0 Å². The van der Waals surface area contributed by atoms with E-state index in [0.717, 1.165) is 72.6 Å². The molecule has 194 valence electrons. The number of unbranched alkanes of at least 4 members (excludes halogenated alkanes) is 2. The molecule has 3 aromatic carbocycles. The summed E-state index contributed by atoms with van der Waals surface area (Å²) in [6.45, 7) is 2.10. The SMILES string of the molecule is COc1ccccc1OCCCn1c(CCCCCNC(=O)Cc2ccccc2Cl)nc2ccccc21. The van der Waals surface area contributed by atoms with Gasteiger partial charge >= 0.3 is 0 Å². The number of carbonyl (C=O) groups is 1. The maximum atomic E-state index is 12.2.